The van der Waals surface area contributed by atoms with Gasteiger partial charge in [-0.05, 0) is 37.8 Å². The molecule has 0 bridgehead atoms. The number of nitrogens with zero attached hydrogens (tertiary/aromatic N) is 1. The average molecular weight is 342 g/mol. The molecule has 1 saturated heterocycles. The molecule has 23 heavy (non-hydrogen) atoms. The number of piperidine rings is 1. The number of amides is 3. The molecule has 2 N–H and O–H groups in total. The molecule has 2 rings (SSSR count). The van der Waals surface area contributed by atoms with Gasteiger partial charge < -0.3 is 15.5 Å². The quantitative estimate of drug-likeness (QED) is 0.827. The molecule has 1 aromatic carbocycles. The Balaban J connectivity index is 1.77. The first-order valence-corrected chi connectivity index (χ1v) is 8.08. The number of likely N-dealkylation sites (tertiary alicyclic amines) is 1. The Labute approximate surface area is 140 Å². The number of carbonyl (C=O) groups excluding carboxylic acids is 2. The maximum Gasteiger partial charge on any atom is 0.319 e. The van der Waals surface area contributed by atoms with Gasteiger partial charge in [0.2, 0.25) is 0 Å². The third-order valence-corrected chi connectivity index (χ3v) is 4.06. The van der Waals surface area contributed by atoms with Crippen molar-refractivity contribution in [2.24, 2.45) is 5.92 Å². The molecule has 1 heterocycles. The lowest BCUT2D eigenvalue weighted by molar-refractivity contribution is -0.135. The Bertz CT molecular complexity index is 551. The summed E-state index contributed by atoms with van der Waals surface area (Å²) in [5.74, 6) is -0.590. The number of nitrogens with one attached hydrogen (secondary N) is 2. The minimum Gasteiger partial charge on any atom is -0.339 e. The van der Waals surface area contributed by atoms with Crippen LogP contribution >= 0.6 is 11.6 Å². The number of hydrogen-bond acceptors (Lipinski definition) is 2. The van der Waals surface area contributed by atoms with Crippen molar-refractivity contribution >= 4 is 29.2 Å². The Morgan fingerprint density at radius 3 is 2.74 bits per heavy atom. The molecule has 0 saturated carbocycles. The van der Waals surface area contributed by atoms with E-state index in [2.05, 4.69) is 10.6 Å². The molecule has 1 fully saturated rings. The number of hydrogen-bond donors (Lipinski definition) is 2. The van der Waals surface area contributed by atoms with Crippen LogP contribution in [0.2, 0.25) is 0 Å². The summed E-state index contributed by atoms with van der Waals surface area (Å²) in [6.07, 6.45) is 1.66. The zero-order valence-corrected chi connectivity index (χ0v) is 13.8. The Hall–Kier alpha value is -1.82. The van der Waals surface area contributed by atoms with E-state index >= 15 is 0 Å². The highest BCUT2D eigenvalue weighted by Gasteiger charge is 2.27. The fourth-order valence-electron chi connectivity index (χ4n) is 2.62. The fourth-order valence-corrected chi connectivity index (χ4v) is 2.76. The molecule has 7 heteroatoms. The molecule has 0 aromatic heterocycles. The zero-order valence-electron chi connectivity index (χ0n) is 13.0. The first-order valence-electron chi connectivity index (χ1n) is 7.64. The molecular formula is C16H21ClFN3O2. The number of benzene rings is 1. The second kappa shape index (κ2) is 8.15. The summed E-state index contributed by atoms with van der Waals surface area (Å²) in [4.78, 5) is 24.9. The molecule has 1 aromatic rings. The summed E-state index contributed by atoms with van der Waals surface area (Å²) in [7, 11) is 0. The highest BCUT2D eigenvalue weighted by Crippen LogP contribution is 2.18. The minimum atomic E-state index is -1.99. The second-order valence-corrected chi connectivity index (χ2v) is 6.18. The van der Waals surface area contributed by atoms with Crippen LogP contribution in [0.1, 0.15) is 18.4 Å². The van der Waals surface area contributed by atoms with Gasteiger partial charge in [0.1, 0.15) is 0 Å². The van der Waals surface area contributed by atoms with Gasteiger partial charge in [-0.25, -0.2) is 9.18 Å². The number of aryl methyl sites for hydroxylation is 1. The maximum atomic E-state index is 12.9. The number of alkyl halides is 2. The van der Waals surface area contributed by atoms with Crippen LogP contribution in [0.25, 0.3) is 0 Å². The number of rotatable bonds is 4. The lowest BCUT2D eigenvalue weighted by Gasteiger charge is -2.32. The summed E-state index contributed by atoms with van der Waals surface area (Å²) in [6, 6.07) is 7.20. The van der Waals surface area contributed by atoms with Crippen LogP contribution in [0.4, 0.5) is 14.9 Å². The summed E-state index contributed by atoms with van der Waals surface area (Å²) < 4.78 is 12.9. The number of carbonyl (C=O) groups is 2. The third-order valence-electron chi connectivity index (χ3n) is 3.88. The van der Waals surface area contributed by atoms with Crippen molar-refractivity contribution in [1.82, 2.24) is 10.2 Å². The van der Waals surface area contributed by atoms with E-state index in [4.69, 9.17) is 11.6 Å². The van der Waals surface area contributed by atoms with Crippen LogP contribution in [-0.2, 0) is 4.79 Å². The van der Waals surface area contributed by atoms with E-state index in [1.54, 1.807) is 0 Å². The van der Waals surface area contributed by atoms with Crippen molar-refractivity contribution in [3.05, 3.63) is 29.8 Å². The highest BCUT2D eigenvalue weighted by molar-refractivity contribution is 6.29. The predicted octanol–water partition coefficient (Wildman–Crippen LogP) is 2.89. The third kappa shape index (κ3) is 5.39. The maximum absolute atomic E-state index is 12.9. The van der Waals surface area contributed by atoms with Gasteiger partial charge in [0.25, 0.3) is 11.5 Å². The number of anilines is 1. The van der Waals surface area contributed by atoms with Crippen LogP contribution in [-0.4, -0.2) is 42.1 Å². The predicted molar refractivity (Wildman–Crippen MR) is 88.3 cm³/mol. The largest absolute Gasteiger partial charge is 0.339 e. The molecule has 0 spiro atoms. The normalized spacial score (nSPS) is 19.1. The lowest BCUT2D eigenvalue weighted by Crippen LogP contribution is -2.46. The van der Waals surface area contributed by atoms with Crippen molar-refractivity contribution in [3.8, 4) is 0 Å². The minimum absolute atomic E-state index is 0.104. The SMILES string of the molecule is Cc1ccc(NC(=O)NCC2CCCN(C(=O)C(F)Cl)C2)cc1. The fraction of sp³-hybridized carbons (Fsp3) is 0.500. The van der Waals surface area contributed by atoms with E-state index < -0.39 is 11.5 Å². The van der Waals surface area contributed by atoms with Gasteiger partial charge in [0.05, 0.1) is 0 Å². The molecule has 2 unspecified atom stereocenters. The molecule has 0 radical (unpaired) electrons. The summed E-state index contributed by atoms with van der Waals surface area (Å²) in [6.45, 7) is 3.33. The Morgan fingerprint density at radius 2 is 2.09 bits per heavy atom. The monoisotopic (exact) mass is 341 g/mol. The van der Waals surface area contributed by atoms with Crippen molar-refractivity contribution in [3.63, 3.8) is 0 Å². The topological polar surface area (TPSA) is 61.4 Å². The smallest absolute Gasteiger partial charge is 0.319 e. The molecule has 2 atom stereocenters. The van der Waals surface area contributed by atoms with Crippen molar-refractivity contribution in [1.29, 1.82) is 0 Å². The van der Waals surface area contributed by atoms with E-state index in [0.29, 0.717) is 19.6 Å². The molecule has 1 aliphatic rings. The van der Waals surface area contributed by atoms with Gasteiger partial charge in [-0.3, -0.25) is 4.79 Å². The standard InChI is InChI=1S/C16H21ClFN3O2/c1-11-4-6-13(7-5-11)20-16(23)19-9-12-3-2-8-21(10-12)15(22)14(17)18/h4-7,12,14H,2-3,8-10H2,1H3,(H2,19,20,23). The zero-order chi connectivity index (χ0) is 16.8. The Kier molecular flexibility index (Phi) is 6.21. The molecule has 1 aliphatic heterocycles. The average Bonchev–Trinajstić information content (AvgIpc) is 2.54. The molecule has 3 amide bonds. The van der Waals surface area contributed by atoms with Crippen LogP contribution < -0.4 is 10.6 Å². The molecule has 0 aliphatic carbocycles. The van der Waals surface area contributed by atoms with Crippen molar-refractivity contribution in [2.45, 2.75) is 25.4 Å². The van der Waals surface area contributed by atoms with Crippen molar-refractivity contribution in [2.75, 3.05) is 25.0 Å². The number of halogens is 2. The molecular weight excluding hydrogens is 321 g/mol. The molecule has 5 nitrogen and oxygen atoms in total. The first-order chi connectivity index (χ1) is 11.0. The Morgan fingerprint density at radius 1 is 1.39 bits per heavy atom. The van der Waals surface area contributed by atoms with E-state index in [9.17, 15) is 14.0 Å². The van der Waals surface area contributed by atoms with Crippen LogP contribution in [0.5, 0.6) is 0 Å². The van der Waals surface area contributed by atoms with Gasteiger partial charge in [0, 0.05) is 25.3 Å². The van der Waals surface area contributed by atoms with E-state index in [-0.39, 0.29) is 11.9 Å². The van der Waals surface area contributed by atoms with Gasteiger partial charge in [0.15, 0.2) is 0 Å². The number of urea groups is 1. The highest BCUT2D eigenvalue weighted by atomic mass is 35.5. The summed E-state index contributed by atoms with van der Waals surface area (Å²) in [5, 5.41) is 5.54. The summed E-state index contributed by atoms with van der Waals surface area (Å²) in [5.41, 5.74) is -0.157. The van der Waals surface area contributed by atoms with Crippen molar-refractivity contribution < 1.29 is 14.0 Å². The van der Waals surface area contributed by atoms with E-state index in [1.165, 1.54) is 4.90 Å². The van der Waals surface area contributed by atoms with E-state index in [0.717, 1.165) is 24.1 Å². The van der Waals surface area contributed by atoms with Gasteiger partial charge in [-0.2, -0.15) is 0 Å². The van der Waals surface area contributed by atoms with Crippen LogP contribution in [0.3, 0.4) is 0 Å². The lowest BCUT2D eigenvalue weighted by atomic mass is 9.98. The summed E-state index contributed by atoms with van der Waals surface area (Å²) >= 11 is 5.20. The first kappa shape index (κ1) is 17.5. The second-order valence-electron chi connectivity index (χ2n) is 5.79. The van der Waals surface area contributed by atoms with Gasteiger partial charge in [-0.15, -0.1) is 0 Å². The molecule has 126 valence electrons. The van der Waals surface area contributed by atoms with Gasteiger partial charge in [-0.1, -0.05) is 29.3 Å². The van der Waals surface area contributed by atoms with E-state index in [1.807, 2.05) is 31.2 Å². The van der Waals surface area contributed by atoms with Gasteiger partial charge >= 0.3 is 6.03 Å². The van der Waals surface area contributed by atoms with Crippen LogP contribution in [0.15, 0.2) is 24.3 Å². The van der Waals surface area contributed by atoms with Crippen LogP contribution in [0, 0.1) is 12.8 Å².